The van der Waals surface area contributed by atoms with Crippen LogP contribution in [0.3, 0.4) is 0 Å². The van der Waals surface area contributed by atoms with Crippen LogP contribution in [0.1, 0.15) is 85.0 Å². The quantitative estimate of drug-likeness (QED) is 0.268. The van der Waals surface area contributed by atoms with Crippen molar-refractivity contribution in [1.82, 2.24) is 0 Å². The molecule has 0 unspecified atom stereocenters. The van der Waals surface area contributed by atoms with Crippen molar-refractivity contribution < 1.29 is 0 Å². The second kappa shape index (κ2) is 14.5. The van der Waals surface area contributed by atoms with E-state index in [4.69, 9.17) is 0 Å². The van der Waals surface area contributed by atoms with Gasteiger partial charge in [-0.15, -0.1) is 0 Å². The van der Waals surface area contributed by atoms with E-state index in [-0.39, 0.29) is 0 Å². The second-order valence-corrected chi connectivity index (χ2v) is 5.71. The molecule has 106 valence electrons. The van der Waals surface area contributed by atoms with Crippen molar-refractivity contribution in [3.8, 4) is 0 Å². The first-order valence-corrected chi connectivity index (χ1v) is 8.07. The average Bonchev–Trinajstić information content (AvgIpc) is 2.34. The molecule has 0 aliphatic heterocycles. The van der Waals surface area contributed by atoms with Crippen molar-refractivity contribution >= 4 is 0 Å². The van der Waals surface area contributed by atoms with Crippen LogP contribution in [0, 0.1) is 5.92 Å². The van der Waals surface area contributed by atoms with Crippen LogP contribution in [0.2, 0.25) is 0 Å². The molecule has 0 radical (unpaired) electrons. The molecular formula is C18H34. The molecule has 0 saturated carbocycles. The highest BCUT2D eigenvalue weighted by Crippen LogP contribution is 2.09. The summed E-state index contributed by atoms with van der Waals surface area (Å²) in [6.45, 7) is 6.79. The molecule has 0 N–H and O–H groups in total. The van der Waals surface area contributed by atoms with Crippen molar-refractivity contribution in [3.63, 3.8) is 0 Å². The van der Waals surface area contributed by atoms with Crippen LogP contribution in [-0.4, -0.2) is 0 Å². The van der Waals surface area contributed by atoms with Gasteiger partial charge in [-0.25, -0.2) is 0 Å². The molecule has 0 aliphatic carbocycles. The normalized spacial score (nSPS) is 12.2. The van der Waals surface area contributed by atoms with E-state index in [1.54, 1.807) is 0 Å². The lowest BCUT2D eigenvalue weighted by Gasteiger charge is -1.99. The van der Waals surface area contributed by atoms with Crippen LogP contribution in [0.25, 0.3) is 0 Å². The predicted octanol–water partition coefficient (Wildman–Crippen LogP) is 6.68. The van der Waals surface area contributed by atoms with Crippen LogP contribution >= 0.6 is 0 Å². The fourth-order valence-corrected chi connectivity index (χ4v) is 1.94. The van der Waals surface area contributed by atoms with Gasteiger partial charge in [-0.05, 0) is 44.4 Å². The van der Waals surface area contributed by atoms with E-state index in [0.29, 0.717) is 0 Å². The van der Waals surface area contributed by atoms with Crippen LogP contribution in [0.15, 0.2) is 24.3 Å². The van der Waals surface area contributed by atoms with Gasteiger partial charge >= 0.3 is 0 Å². The maximum Gasteiger partial charge on any atom is -0.0327 e. The van der Waals surface area contributed by atoms with Crippen molar-refractivity contribution in [1.29, 1.82) is 0 Å². The minimum absolute atomic E-state index is 0.807. The zero-order valence-corrected chi connectivity index (χ0v) is 13.0. The van der Waals surface area contributed by atoms with E-state index in [2.05, 4.69) is 45.1 Å². The van der Waals surface area contributed by atoms with Gasteiger partial charge in [-0.1, -0.05) is 70.8 Å². The van der Waals surface area contributed by atoms with Gasteiger partial charge in [0.25, 0.3) is 0 Å². The molecule has 0 amide bonds. The first-order valence-electron chi connectivity index (χ1n) is 8.07. The Labute approximate surface area is 116 Å². The van der Waals surface area contributed by atoms with Gasteiger partial charge in [0.2, 0.25) is 0 Å². The standard InChI is InChI=1S/C18H34/c1-4-5-6-7-8-9-10-11-12-13-14-15-16-17-18(2)3/h6-7,15-16,18H,4-5,8-14,17H2,1-3H3/b7-6+,16-15+. The van der Waals surface area contributed by atoms with E-state index in [0.717, 1.165) is 5.92 Å². The zero-order valence-electron chi connectivity index (χ0n) is 13.0. The van der Waals surface area contributed by atoms with Crippen LogP contribution in [-0.2, 0) is 0 Å². The average molecular weight is 250 g/mol. The highest BCUT2D eigenvalue weighted by atomic mass is 14.0. The second-order valence-electron chi connectivity index (χ2n) is 5.71. The summed E-state index contributed by atoms with van der Waals surface area (Å²) in [5.74, 6) is 0.807. The summed E-state index contributed by atoms with van der Waals surface area (Å²) in [6, 6.07) is 0. The number of rotatable bonds is 12. The Balaban J connectivity index is 3.09. The van der Waals surface area contributed by atoms with Crippen LogP contribution in [0.5, 0.6) is 0 Å². The molecule has 0 heterocycles. The summed E-state index contributed by atoms with van der Waals surface area (Å²) in [7, 11) is 0. The number of unbranched alkanes of at least 4 members (excludes halogenated alkanes) is 7. The van der Waals surface area contributed by atoms with E-state index >= 15 is 0 Å². The first kappa shape index (κ1) is 17.5. The van der Waals surface area contributed by atoms with Crippen LogP contribution < -0.4 is 0 Å². The number of allylic oxidation sites excluding steroid dienone is 4. The largest absolute Gasteiger partial charge is 0.0885 e. The van der Waals surface area contributed by atoms with Gasteiger partial charge in [-0.3, -0.25) is 0 Å². The lowest BCUT2D eigenvalue weighted by atomic mass is 10.1. The molecule has 0 fully saturated rings. The maximum absolute atomic E-state index is 2.37. The minimum atomic E-state index is 0.807. The molecule has 0 spiro atoms. The Bertz CT molecular complexity index is 198. The molecule has 0 aromatic rings. The first-order chi connectivity index (χ1) is 8.77. The molecule has 0 bridgehead atoms. The van der Waals surface area contributed by atoms with Gasteiger partial charge in [0.1, 0.15) is 0 Å². The lowest BCUT2D eigenvalue weighted by molar-refractivity contribution is 0.619. The SMILES string of the molecule is CCC/C=C/CCCCCCC/C=C/CC(C)C. The minimum Gasteiger partial charge on any atom is -0.0885 e. The molecule has 0 saturated heterocycles. The van der Waals surface area contributed by atoms with Crippen molar-refractivity contribution in [2.45, 2.75) is 85.0 Å². The Morgan fingerprint density at radius 3 is 1.72 bits per heavy atom. The molecule has 0 atom stereocenters. The number of hydrogen-bond acceptors (Lipinski definition) is 0. The van der Waals surface area contributed by atoms with Crippen LogP contribution in [0.4, 0.5) is 0 Å². The maximum atomic E-state index is 2.37. The van der Waals surface area contributed by atoms with Gasteiger partial charge < -0.3 is 0 Å². The molecule has 0 aromatic carbocycles. The molecule has 18 heavy (non-hydrogen) atoms. The van der Waals surface area contributed by atoms with Gasteiger partial charge in [0, 0.05) is 0 Å². The molecule has 0 rings (SSSR count). The Kier molecular flexibility index (Phi) is 14.1. The molecule has 0 aliphatic rings. The molecular weight excluding hydrogens is 216 g/mol. The van der Waals surface area contributed by atoms with Gasteiger partial charge in [-0.2, -0.15) is 0 Å². The summed E-state index contributed by atoms with van der Waals surface area (Å²) in [5.41, 5.74) is 0. The lowest BCUT2D eigenvalue weighted by Crippen LogP contribution is -1.81. The molecule has 0 nitrogen and oxygen atoms in total. The van der Waals surface area contributed by atoms with E-state index in [1.807, 2.05) is 0 Å². The van der Waals surface area contributed by atoms with E-state index < -0.39 is 0 Å². The predicted molar refractivity (Wildman–Crippen MR) is 85.0 cm³/mol. The summed E-state index contributed by atoms with van der Waals surface area (Å²) in [6.07, 6.45) is 22.7. The summed E-state index contributed by atoms with van der Waals surface area (Å²) < 4.78 is 0. The summed E-state index contributed by atoms with van der Waals surface area (Å²) in [4.78, 5) is 0. The highest BCUT2D eigenvalue weighted by Gasteiger charge is 1.90. The third-order valence-corrected chi connectivity index (χ3v) is 3.14. The van der Waals surface area contributed by atoms with E-state index in [9.17, 15) is 0 Å². The van der Waals surface area contributed by atoms with Gasteiger partial charge in [0.05, 0.1) is 0 Å². The van der Waals surface area contributed by atoms with Crippen molar-refractivity contribution in [3.05, 3.63) is 24.3 Å². The third-order valence-electron chi connectivity index (χ3n) is 3.14. The summed E-state index contributed by atoms with van der Waals surface area (Å²) in [5, 5.41) is 0. The zero-order chi connectivity index (χ0) is 13.5. The molecule has 0 aromatic heterocycles. The molecule has 0 heteroatoms. The summed E-state index contributed by atoms with van der Waals surface area (Å²) >= 11 is 0. The van der Waals surface area contributed by atoms with Crippen molar-refractivity contribution in [2.24, 2.45) is 5.92 Å². The van der Waals surface area contributed by atoms with Crippen molar-refractivity contribution in [2.75, 3.05) is 0 Å². The smallest absolute Gasteiger partial charge is 0.0327 e. The number of hydrogen-bond donors (Lipinski definition) is 0. The fourth-order valence-electron chi connectivity index (χ4n) is 1.94. The topological polar surface area (TPSA) is 0 Å². The fraction of sp³-hybridized carbons (Fsp3) is 0.778. The van der Waals surface area contributed by atoms with Gasteiger partial charge in [0.15, 0.2) is 0 Å². The Hall–Kier alpha value is -0.520. The monoisotopic (exact) mass is 250 g/mol. The highest BCUT2D eigenvalue weighted by molar-refractivity contribution is 4.82. The third kappa shape index (κ3) is 15.5. The Morgan fingerprint density at radius 2 is 1.17 bits per heavy atom. The Morgan fingerprint density at radius 1 is 0.667 bits per heavy atom. The van der Waals surface area contributed by atoms with E-state index in [1.165, 1.54) is 64.2 Å².